The second kappa shape index (κ2) is 14.6. The number of carbonyl (C=O) groups excluding carboxylic acids is 3. The molecular weight excluding hydrogens is 638 g/mol. The van der Waals surface area contributed by atoms with E-state index in [0.717, 1.165) is 0 Å². The molecule has 0 radical (unpaired) electrons. The Hall–Kier alpha value is -3.77. The number of esters is 1. The molecule has 270 valence electrons. The summed E-state index contributed by atoms with van der Waals surface area (Å²) in [7, 11) is 1.49. The molecule has 11 nitrogen and oxygen atoms in total. The first kappa shape index (κ1) is 36.5. The zero-order valence-electron chi connectivity index (χ0n) is 29.6. The van der Waals surface area contributed by atoms with Crippen LogP contribution in [0.5, 0.6) is 11.6 Å². The summed E-state index contributed by atoms with van der Waals surface area (Å²) in [6, 6.07) is 2.65. The number of benzene rings is 1. The first-order chi connectivity index (χ1) is 23.1. The number of nitrogens with zero attached hydrogens (tertiary/aromatic N) is 3. The molecule has 6 atom stereocenters. The molecule has 2 aliphatic heterocycles. The molecular formula is C36H50F2N4O7. The molecule has 1 saturated carbocycles. The van der Waals surface area contributed by atoms with Crippen LogP contribution in [0.2, 0.25) is 0 Å². The molecule has 5 rings (SSSR count). The van der Waals surface area contributed by atoms with Crippen LogP contribution in [-0.4, -0.2) is 77.4 Å². The number of carbonyl (C=O) groups is 3. The van der Waals surface area contributed by atoms with Crippen molar-refractivity contribution in [2.24, 2.45) is 23.2 Å². The van der Waals surface area contributed by atoms with E-state index in [1.165, 1.54) is 12.0 Å². The molecule has 1 aliphatic carbocycles. The lowest BCUT2D eigenvalue weighted by Crippen LogP contribution is -2.57. The summed E-state index contributed by atoms with van der Waals surface area (Å²) in [5.74, 6) is -4.93. The number of hydrogen-bond acceptors (Lipinski definition) is 9. The van der Waals surface area contributed by atoms with E-state index >= 15 is 8.78 Å². The number of aromatic nitrogens is 2. The minimum Gasteiger partial charge on any atom is -0.497 e. The van der Waals surface area contributed by atoms with E-state index < -0.39 is 65.5 Å². The van der Waals surface area contributed by atoms with Gasteiger partial charge in [-0.15, -0.1) is 0 Å². The second-order valence-electron chi connectivity index (χ2n) is 15.1. The van der Waals surface area contributed by atoms with E-state index in [1.807, 2.05) is 41.5 Å². The Morgan fingerprint density at radius 2 is 1.88 bits per heavy atom. The van der Waals surface area contributed by atoms with Gasteiger partial charge in [-0.25, -0.2) is 19.6 Å². The fourth-order valence-corrected chi connectivity index (χ4v) is 6.79. The molecule has 49 heavy (non-hydrogen) atoms. The van der Waals surface area contributed by atoms with Crippen LogP contribution in [0.25, 0.3) is 11.0 Å². The van der Waals surface area contributed by atoms with Crippen molar-refractivity contribution in [2.45, 2.75) is 117 Å². The highest BCUT2D eigenvalue weighted by Gasteiger charge is 2.53. The molecule has 1 aromatic carbocycles. The van der Waals surface area contributed by atoms with Gasteiger partial charge in [0.1, 0.15) is 30.0 Å². The van der Waals surface area contributed by atoms with Gasteiger partial charge in [0.05, 0.1) is 31.3 Å². The average Bonchev–Trinajstić information content (AvgIpc) is 3.68. The summed E-state index contributed by atoms with van der Waals surface area (Å²) < 4.78 is 55.4. The number of nitrogens with one attached hydrogen (secondary N) is 1. The zero-order chi connectivity index (χ0) is 35.7. The molecule has 1 N–H and O–H groups in total. The van der Waals surface area contributed by atoms with E-state index in [-0.39, 0.29) is 48.9 Å². The summed E-state index contributed by atoms with van der Waals surface area (Å²) in [5.41, 5.74) is -0.797. The minimum absolute atomic E-state index is 0.0356. The van der Waals surface area contributed by atoms with Crippen molar-refractivity contribution in [3.63, 3.8) is 0 Å². The number of alkyl halides is 2. The van der Waals surface area contributed by atoms with Crippen LogP contribution in [0.4, 0.5) is 13.6 Å². The number of alkyl carbamates (subject to hydrolysis) is 1. The van der Waals surface area contributed by atoms with Crippen molar-refractivity contribution >= 4 is 29.0 Å². The number of halogens is 2. The largest absolute Gasteiger partial charge is 0.497 e. The van der Waals surface area contributed by atoms with Crippen LogP contribution in [-0.2, 0) is 25.0 Å². The maximum Gasteiger partial charge on any atom is 0.408 e. The van der Waals surface area contributed by atoms with Crippen LogP contribution in [0.15, 0.2) is 18.2 Å². The molecule has 2 amide bonds. The van der Waals surface area contributed by atoms with Gasteiger partial charge in [0.25, 0.3) is 5.92 Å². The van der Waals surface area contributed by atoms with Crippen LogP contribution < -0.4 is 14.8 Å². The molecule has 3 heterocycles. The quantitative estimate of drug-likeness (QED) is 0.343. The average molecular weight is 689 g/mol. The molecule has 2 fully saturated rings. The van der Waals surface area contributed by atoms with Gasteiger partial charge in [0.2, 0.25) is 11.8 Å². The summed E-state index contributed by atoms with van der Waals surface area (Å²) in [6.45, 7) is 11.2. The maximum atomic E-state index is 16.2. The van der Waals surface area contributed by atoms with E-state index in [4.69, 9.17) is 18.9 Å². The van der Waals surface area contributed by atoms with Gasteiger partial charge in [-0.3, -0.25) is 4.79 Å². The molecule has 13 heteroatoms. The van der Waals surface area contributed by atoms with Crippen molar-refractivity contribution in [1.29, 1.82) is 0 Å². The second-order valence-corrected chi connectivity index (χ2v) is 15.1. The maximum absolute atomic E-state index is 16.2. The first-order valence-electron chi connectivity index (χ1n) is 17.5. The summed E-state index contributed by atoms with van der Waals surface area (Å²) in [5, 5.41) is 2.79. The van der Waals surface area contributed by atoms with Crippen LogP contribution in [0.3, 0.4) is 0 Å². The van der Waals surface area contributed by atoms with Crippen molar-refractivity contribution in [3.8, 4) is 11.6 Å². The van der Waals surface area contributed by atoms with Crippen molar-refractivity contribution in [1.82, 2.24) is 20.2 Å². The number of ether oxygens (including phenoxy) is 4. The SMILES string of the molecule is CCC[C@@H]1[C@@H]2CN(C(=O)[C@H](C(C)(C)C)NC(=O)O[C@@H]3C[C@H]3CCCCC(F)(F)c3nc4ccc(OC)cc4nc3O2)[C@@H]1C(=O)OCC(C)C. The van der Waals surface area contributed by atoms with E-state index in [0.29, 0.717) is 43.4 Å². The monoisotopic (exact) mass is 688 g/mol. The normalized spacial score (nSPS) is 27.6. The third-order valence-corrected chi connectivity index (χ3v) is 9.56. The number of fused-ring (bicyclic) bond motifs is 5. The van der Waals surface area contributed by atoms with Crippen LogP contribution in [0.1, 0.15) is 92.2 Å². The number of methoxy groups -OCH3 is 1. The van der Waals surface area contributed by atoms with Gasteiger partial charge >= 0.3 is 12.1 Å². The Morgan fingerprint density at radius 3 is 2.55 bits per heavy atom. The molecule has 1 aromatic heterocycles. The highest BCUT2D eigenvalue weighted by molar-refractivity contribution is 5.91. The van der Waals surface area contributed by atoms with Gasteiger partial charge in [-0.2, -0.15) is 8.78 Å². The standard InChI is InChI=1S/C36H50F2N4O7/c1-8-11-23-27-18-42(28(23)33(44)47-19-20(2)3)32(43)30(35(4,5)6)41-34(45)49-26-16-21(26)12-9-10-15-36(37,38)29-31(48-27)40-25-17-22(46-7)13-14-24(25)39-29/h13-14,17,20-21,23,26-28,30H,8-12,15-16,18-19H2,1-7H3,(H,41,45)/t21-,23-,26-,27+,28+,30-/m1/s1. The minimum atomic E-state index is -3.39. The lowest BCUT2D eigenvalue weighted by molar-refractivity contribution is -0.157. The molecule has 0 spiro atoms. The Balaban J connectivity index is 1.62. The highest BCUT2D eigenvalue weighted by Crippen LogP contribution is 2.43. The van der Waals surface area contributed by atoms with E-state index in [2.05, 4.69) is 15.3 Å². The molecule has 3 aliphatic rings. The van der Waals surface area contributed by atoms with Crippen molar-refractivity contribution in [2.75, 3.05) is 20.3 Å². The topological polar surface area (TPSA) is 129 Å². The highest BCUT2D eigenvalue weighted by atomic mass is 19.3. The van der Waals surface area contributed by atoms with Gasteiger partial charge in [-0.1, -0.05) is 54.4 Å². The number of rotatable bonds is 6. The fraction of sp³-hybridized carbons (Fsp3) is 0.694. The van der Waals surface area contributed by atoms with Crippen LogP contribution in [0, 0.1) is 23.2 Å². The summed E-state index contributed by atoms with van der Waals surface area (Å²) in [4.78, 5) is 51.8. The number of hydrogen-bond donors (Lipinski definition) is 1. The van der Waals surface area contributed by atoms with Crippen molar-refractivity contribution in [3.05, 3.63) is 23.9 Å². The van der Waals surface area contributed by atoms with Crippen molar-refractivity contribution < 1.29 is 42.1 Å². The third kappa shape index (κ3) is 8.34. The summed E-state index contributed by atoms with van der Waals surface area (Å²) >= 11 is 0. The Bertz CT molecular complexity index is 1530. The van der Waals surface area contributed by atoms with Gasteiger partial charge < -0.3 is 29.2 Å². The van der Waals surface area contributed by atoms with Gasteiger partial charge in [-0.05, 0) is 55.1 Å². The van der Waals surface area contributed by atoms with E-state index in [1.54, 1.807) is 18.2 Å². The lowest BCUT2D eigenvalue weighted by atomic mass is 9.85. The molecule has 1 saturated heterocycles. The summed E-state index contributed by atoms with van der Waals surface area (Å²) in [6.07, 6.45) is 0.547. The van der Waals surface area contributed by atoms with Crippen LogP contribution >= 0.6 is 0 Å². The molecule has 2 aromatic rings. The lowest BCUT2D eigenvalue weighted by Gasteiger charge is -2.35. The molecule has 0 unspecified atom stereocenters. The Morgan fingerprint density at radius 1 is 1.12 bits per heavy atom. The zero-order valence-corrected chi connectivity index (χ0v) is 29.6. The number of amides is 2. The first-order valence-corrected chi connectivity index (χ1v) is 17.5. The molecule has 2 bridgehead atoms. The Labute approximate surface area is 286 Å². The Kier molecular flexibility index (Phi) is 10.9. The van der Waals surface area contributed by atoms with Gasteiger partial charge in [0, 0.05) is 18.4 Å². The predicted molar refractivity (Wildman–Crippen MR) is 177 cm³/mol. The fourth-order valence-electron chi connectivity index (χ4n) is 6.79. The predicted octanol–water partition coefficient (Wildman–Crippen LogP) is 6.41. The van der Waals surface area contributed by atoms with E-state index in [9.17, 15) is 14.4 Å². The smallest absolute Gasteiger partial charge is 0.408 e. The van der Waals surface area contributed by atoms with Gasteiger partial charge in [0.15, 0.2) is 5.69 Å². The third-order valence-electron chi connectivity index (χ3n) is 9.56.